The molecular formula is C29H33F2NOSSi. The number of hydrogen-bond acceptors (Lipinski definition) is 3. The van der Waals surface area contributed by atoms with Crippen molar-refractivity contribution in [1.82, 2.24) is 5.32 Å². The van der Waals surface area contributed by atoms with Gasteiger partial charge in [-0.25, -0.2) is 0 Å². The summed E-state index contributed by atoms with van der Waals surface area (Å²) >= 11 is 1.69. The smallest absolute Gasteiger partial charge is 0.351 e. The number of alkyl halides is 2. The molecule has 6 heteroatoms. The molecule has 0 fully saturated rings. The van der Waals surface area contributed by atoms with E-state index in [0.717, 1.165) is 10.4 Å². The van der Waals surface area contributed by atoms with Gasteiger partial charge in [-0.15, -0.1) is 11.3 Å². The monoisotopic (exact) mass is 509 g/mol. The zero-order valence-corrected chi connectivity index (χ0v) is 22.5. The number of halogens is 2. The van der Waals surface area contributed by atoms with Crippen LogP contribution in [-0.2, 0) is 10.8 Å². The second kappa shape index (κ2) is 10.3. The highest BCUT2D eigenvalue weighted by Crippen LogP contribution is 2.40. The minimum absolute atomic E-state index is 0.123. The zero-order chi connectivity index (χ0) is 25.1. The van der Waals surface area contributed by atoms with E-state index in [1.165, 1.54) is 15.6 Å². The first-order valence-electron chi connectivity index (χ1n) is 12.0. The van der Waals surface area contributed by atoms with Crippen LogP contribution in [0.5, 0.6) is 0 Å². The summed E-state index contributed by atoms with van der Waals surface area (Å²) in [6.45, 7) is 7.43. The lowest BCUT2D eigenvalue weighted by Crippen LogP contribution is -2.69. The maximum absolute atomic E-state index is 15.7. The lowest BCUT2D eigenvalue weighted by atomic mass is 10.1. The van der Waals surface area contributed by atoms with Gasteiger partial charge in [0, 0.05) is 10.7 Å². The average molecular weight is 510 g/mol. The summed E-state index contributed by atoms with van der Waals surface area (Å²) in [5.41, 5.74) is 1.18. The van der Waals surface area contributed by atoms with Crippen LogP contribution in [0.1, 0.15) is 33.3 Å². The molecule has 35 heavy (non-hydrogen) atoms. The molecule has 184 valence electrons. The Morgan fingerprint density at radius 3 is 1.97 bits per heavy atom. The lowest BCUT2D eigenvalue weighted by Gasteiger charge is -2.44. The third kappa shape index (κ3) is 5.56. The zero-order valence-electron chi connectivity index (χ0n) is 20.7. The van der Waals surface area contributed by atoms with Crippen LogP contribution in [0.15, 0.2) is 90.3 Å². The van der Waals surface area contributed by atoms with Crippen molar-refractivity contribution in [3.8, 4) is 0 Å². The molecular weight excluding hydrogens is 476 g/mol. The molecule has 1 heterocycles. The molecule has 1 aromatic heterocycles. The predicted octanol–water partition coefficient (Wildman–Crippen LogP) is 6.59. The molecule has 4 aromatic rings. The molecule has 0 spiro atoms. The second-order valence-corrected chi connectivity index (χ2v) is 15.3. The maximum atomic E-state index is 15.7. The Labute approximate surface area is 212 Å². The van der Waals surface area contributed by atoms with Gasteiger partial charge in [0.25, 0.3) is 8.32 Å². The summed E-state index contributed by atoms with van der Waals surface area (Å²) < 4.78 is 38.6. The van der Waals surface area contributed by atoms with E-state index >= 15 is 8.78 Å². The molecule has 4 rings (SSSR count). The summed E-state index contributed by atoms with van der Waals surface area (Å²) in [5.74, 6) is 0. The fourth-order valence-corrected chi connectivity index (χ4v) is 10.2. The van der Waals surface area contributed by atoms with Gasteiger partial charge in [0.15, 0.2) is 0 Å². The van der Waals surface area contributed by atoms with Gasteiger partial charge in [0.05, 0.1) is 6.54 Å². The topological polar surface area (TPSA) is 21.3 Å². The molecule has 0 bridgehead atoms. The summed E-state index contributed by atoms with van der Waals surface area (Å²) in [6.07, 6.45) is -2.66. The van der Waals surface area contributed by atoms with Gasteiger partial charge in [-0.3, -0.25) is 0 Å². The van der Waals surface area contributed by atoms with Crippen molar-refractivity contribution in [2.45, 2.75) is 51.3 Å². The molecule has 0 saturated heterocycles. The third-order valence-electron chi connectivity index (χ3n) is 6.46. The number of benzene rings is 3. The fourth-order valence-electron chi connectivity index (χ4n) is 4.80. The second-order valence-electron chi connectivity index (χ2n) is 10.1. The van der Waals surface area contributed by atoms with E-state index in [1.54, 1.807) is 11.3 Å². The van der Waals surface area contributed by atoms with Gasteiger partial charge in [-0.2, -0.15) is 8.78 Å². The van der Waals surface area contributed by atoms with E-state index in [0.29, 0.717) is 6.42 Å². The van der Waals surface area contributed by atoms with Crippen molar-refractivity contribution in [1.29, 1.82) is 0 Å². The normalized spacial score (nSPS) is 13.8. The van der Waals surface area contributed by atoms with Gasteiger partial charge in [0.2, 0.25) is 0 Å². The van der Waals surface area contributed by atoms with Crippen molar-refractivity contribution in [2.24, 2.45) is 0 Å². The van der Waals surface area contributed by atoms with Crippen LogP contribution in [-0.4, -0.2) is 27.0 Å². The minimum Gasteiger partial charge on any atom is -0.351 e. The number of thiophene rings is 1. The van der Waals surface area contributed by atoms with Crippen molar-refractivity contribution in [3.05, 3.63) is 95.9 Å². The maximum Gasteiger partial charge on any atom is 0.359 e. The Morgan fingerprint density at radius 1 is 0.857 bits per heavy atom. The molecule has 0 radical (unpaired) electrons. The molecule has 1 N–H and O–H groups in total. The first kappa shape index (κ1) is 25.7. The Bertz CT molecular complexity index is 1200. The molecule has 0 saturated carbocycles. The van der Waals surface area contributed by atoms with Crippen LogP contribution < -0.4 is 15.7 Å². The van der Waals surface area contributed by atoms with Gasteiger partial charge >= 0.3 is 6.11 Å². The minimum atomic E-state index is -3.34. The number of rotatable bonds is 9. The highest BCUT2D eigenvalue weighted by Gasteiger charge is 2.55. The van der Waals surface area contributed by atoms with Crippen LogP contribution in [0.25, 0.3) is 10.1 Å². The largest absolute Gasteiger partial charge is 0.359 e. The van der Waals surface area contributed by atoms with Crippen LogP contribution in [0.4, 0.5) is 8.78 Å². The van der Waals surface area contributed by atoms with E-state index in [1.807, 2.05) is 100 Å². The van der Waals surface area contributed by atoms with E-state index in [4.69, 9.17) is 4.43 Å². The summed E-state index contributed by atoms with van der Waals surface area (Å²) in [6, 6.07) is 27.2. The van der Waals surface area contributed by atoms with Gasteiger partial charge < -0.3 is 9.74 Å². The van der Waals surface area contributed by atoms with Gasteiger partial charge in [-0.1, -0.05) is 99.6 Å². The SMILES string of the molecule is CC(Cc1csc2ccccc12)NCC(F)(F)O[Si](c1ccccc1)(c1ccccc1)C(C)(C)C. The quantitative estimate of drug-likeness (QED) is 0.257. The first-order chi connectivity index (χ1) is 16.6. The van der Waals surface area contributed by atoms with Gasteiger partial charge in [-0.05, 0) is 51.2 Å². The van der Waals surface area contributed by atoms with E-state index in [9.17, 15) is 0 Å². The number of fused-ring (bicyclic) bond motifs is 1. The van der Waals surface area contributed by atoms with E-state index < -0.39 is 26.0 Å². The van der Waals surface area contributed by atoms with E-state index in [2.05, 4.69) is 22.8 Å². The van der Waals surface area contributed by atoms with Crippen LogP contribution in [0.3, 0.4) is 0 Å². The van der Waals surface area contributed by atoms with Crippen LogP contribution in [0, 0.1) is 0 Å². The molecule has 0 amide bonds. The molecule has 1 unspecified atom stereocenters. The fraction of sp³-hybridized carbons (Fsp3) is 0.310. The highest BCUT2D eigenvalue weighted by molar-refractivity contribution is 7.17. The van der Waals surface area contributed by atoms with Crippen LogP contribution >= 0.6 is 11.3 Å². The molecule has 2 nitrogen and oxygen atoms in total. The van der Waals surface area contributed by atoms with Crippen molar-refractivity contribution in [3.63, 3.8) is 0 Å². The molecule has 1 atom stereocenters. The number of hydrogen-bond donors (Lipinski definition) is 1. The Balaban J connectivity index is 1.57. The van der Waals surface area contributed by atoms with Crippen molar-refractivity contribution < 1.29 is 13.2 Å². The average Bonchev–Trinajstić information content (AvgIpc) is 3.24. The number of nitrogens with one attached hydrogen (secondary N) is 1. The molecule has 0 aliphatic carbocycles. The van der Waals surface area contributed by atoms with Crippen molar-refractivity contribution >= 4 is 40.1 Å². The standard InChI is InChI=1S/C29H33F2NOSSi/c1-22(19-23-20-34-27-18-12-11-17-26(23)27)32-21-29(30,31)33-35(28(2,3)4,24-13-7-5-8-14-24)25-15-9-6-10-16-25/h5-18,20,22,32H,19,21H2,1-4H3. The van der Waals surface area contributed by atoms with Crippen LogP contribution in [0.2, 0.25) is 5.04 Å². The summed E-state index contributed by atoms with van der Waals surface area (Å²) in [5, 5.41) is 7.55. The Morgan fingerprint density at radius 2 is 1.40 bits per heavy atom. The Hall–Kier alpha value is -2.38. The first-order valence-corrected chi connectivity index (χ1v) is 14.8. The molecule has 0 aliphatic heterocycles. The third-order valence-corrected chi connectivity index (χ3v) is 12.5. The Kier molecular flexibility index (Phi) is 7.57. The lowest BCUT2D eigenvalue weighted by molar-refractivity contribution is -0.179. The molecule has 3 aromatic carbocycles. The van der Waals surface area contributed by atoms with Crippen molar-refractivity contribution in [2.75, 3.05) is 6.54 Å². The highest BCUT2D eigenvalue weighted by atomic mass is 32.1. The summed E-state index contributed by atoms with van der Waals surface area (Å²) in [4.78, 5) is 0. The van der Waals surface area contributed by atoms with Gasteiger partial charge in [0.1, 0.15) is 0 Å². The van der Waals surface area contributed by atoms with E-state index in [-0.39, 0.29) is 6.04 Å². The molecule has 0 aliphatic rings. The predicted molar refractivity (Wildman–Crippen MR) is 147 cm³/mol. The summed E-state index contributed by atoms with van der Waals surface area (Å²) in [7, 11) is -3.34.